The number of benzene rings is 4. The monoisotopic (exact) mass is 616 g/mol. The molecule has 0 saturated heterocycles. The maximum Gasteiger partial charge on any atom is 0.268 e. The van der Waals surface area contributed by atoms with Crippen LogP contribution in [0.5, 0.6) is 5.75 Å². The molecule has 4 aromatic carbocycles. The smallest absolute Gasteiger partial charge is 0.268 e. The van der Waals surface area contributed by atoms with E-state index >= 15 is 0 Å². The number of hydrogen-bond acceptors (Lipinski definition) is 5. The number of carbonyl (C=O) groups excluding carboxylic acids is 2. The van der Waals surface area contributed by atoms with E-state index < -0.39 is 22.5 Å². The minimum Gasteiger partial charge on any atom is -0.495 e. The number of sulfonamides is 1. The highest BCUT2D eigenvalue weighted by atomic mass is 35.5. The Morgan fingerprint density at radius 2 is 1.52 bits per heavy atom. The summed E-state index contributed by atoms with van der Waals surface area (Å²) in [6.45, 7) is 1.06. The molecular weight excluding hydrogens is 595 g/mol. The van der Waals surface area contributed by atoms with Crippen LogP contribution in [-0.2, 0) is 14.8 Å². The Morgan fingerprint density at radius 1 is 0.850 bits per heavy atom. The topological polar surface area (TPSA) is 92.8 Å². The maximum atomic E-state index is 14.0. The van der Waals surface area contributed by atoms with E-state index in [1.54, 1.807) is 43.3 Å². The van der Waals surface area contributed by atoms with Crippen LogP contribution in [-0.4, -0.2) is 33.8 Å². The average Bonchev–Trinajstić information content (AvgIpc) is 2.92. The van der Waals surface area contributed by atoms with Gasteiger partial charge in [0.15, 0.2) is 5.78 Å². The van der Waals surface area contributed by atoms with Crippen molar-refractivity contribution < 1.29 is 22.7 Å². The average molecular weight is 618 g/mol. The van der Waals surface area contributed by atoms with E-state index in [9.17, 15) is 18.0 Å². The summed E-state index contributed by atoms with van der Waals surface area (Å²) in [5.74, 6) is -0.998. The van der Waals surface area contributed by atoms with Crippen molar-refractivity contribution in [1.29, 1.82) is 0 Å². The summed E-state index contributed by atoms with van der Waals surface area (Å²) >= 11 is 18.5. The van der Waals surface area contributed by atoms with Crippen LogP contribution in [0.25, 0.3) is 0 Å². The lowest BCUT2D eigenvalue weighted by atomic mass is 10.0. The van der Waals surface area contributed by atoms with Gasteiger partial charge in [-0.25, -0.2) is 8.42 Å². The standard InChI is InChI=1S/C29H23Cl3N2O5S/c1-18-8-11-26(39-2)27(12-18)40(37,38)34(23-14-21(31)13-22(32)15-23)17-28(35)33-25-10-9-20(30)16-24(25)29(36)19-6-4-3-5-7-19/h3-16H,17H2,1-2H3,(H,33,35). The van der Waals surface area contributed by atoms with Gasteiger partial charge >= 0.3 is 0 Å². The molecule has 0 unspecified atom stereocenters. The van der Waals surface area contributed by atoms with Crippen molar-refractivity contribution in [1.82, 2.24) is 0 Å². The van der Waals surface area contributed by atoms with Gasteiger partial charge in [0.2, 0.25) is 5.91 Å². The fourth-order valence-electron chi connectivity index (χ4n) is 3.98. The van der Waals surface area contributed by atoms with Crippen LogP contribution in [0.4, 0.5) is 11.4 Å². The van der Waals surface area contributed by atoms with E-state index in [4.69, 9.17) is 39.5 Å². The zero-order valence-corrected chi connectivity index (χ0v) is 24.4. The number of ketones is 1. The third kappa shape index (κ3) is 6.59. The van der Waals surface area contributed by atoms with Crippen LogP contribution in [0.3, 0.4) is 0 Å². The van der Waals surface area contributed by atoms with Gasteiger partial charge in [-0.05, 0) is 61.0 Å². The van der Waals surface area contributed by atoms with Crippen molar-refractivity contribution >= 4 is 67.9 Å². The van der Waals surface area contributed by atoms with Gasteiger partial charge in [-0.2, -0.15) is 0 Å². The number of rotatable bonds is 9. The van der Waals surface area contributed by atoms with Gasteiger partial charge in [0, 0.05) is 26.2 Å². The van der Waals surface area contributed by atoms with E-state index in [1.807, 2.05) is 0 Å². The molecular formula is C29H23Cl3N2O5S. The molecule has 0 aromatic heterocycles. The molecule has 0 saturated carbocycles. The Morgan fingerprint density at radius 3 is 2.17 bits per heavy atom. The van der Waals surface area contributed by atoms with Gasteiger partial charge in [-0.15, -0.1) is 0 Å². The van der Waals surface area contributed by atoms with Crippen molar-refractivity contribution in [3.8, 4) is 5.75 Å². The molecule has 11 heteroatoms. The second-order valence-corrected chi connectivity index (χ2v) is 11.9. The largest absolute Gasteiger partial charge is 0.495 e. The summed E-state index contributed by atoms with van der Waals surface area (Å²) in [7, 11) is -3.02. The highest BCUT2D eigenvalue weighted by molar-refractivity contribution is 7.93. The molecule has 40 heavy (non-hydrogen) atoms. The summed E-state index contributed by atoms with van der Waals surface area (Å²) in [5, 5.41) is 3.30. The second-order valence-electron chi connectivity index (χ2n) is 8.73. The summed E-state index contributed by atoms with van der Waals surface area (Å²) in [5.41, 5.74) is 1.43. The summed E-state index contributed by atoms with van der Waals surface area (Å²) in [6.07, 6.45) is 0. The molecule has 4 aromatic rings. The summed E-state index contributed by atoms with van der Waals surface area (Å²) in [4.78, 5) is 26.5. The molecule has 0 aliphatic carbocycles. The van der Waals surface area contributed by atoms with Gasteiger partial charge < -0.3 is 10.1 Å². The highest BCUT2D eigenvalue weighted by Gasteiger charge is 2.31. The van der Waals surface area contributed by atoms with Crippen LogP contribution in [0.1, 0.15) is 21.5 Å². The molecule has 4 rings (SSSR count). The number of carbonyl (C=O) groups is 2. The van der Waals surface area contributed by atoms with Crippen LogP contribution in [0.15, 0.2) is 89.8 Å². The summed E-state index contributed by atoms with van der Waals surface area (Å²) < 4.78 is 34.2. The quantitative estimate of drug-likeness (QED) is 0.204. The number of methoxy groups -OCH3 is 1. The van der Waals surface area contributed by atoms with Crippen molar-refractivity contribution in [3.05, 3.63) is 117 Å². The van der Waals surface area contributed by atoms with Gasteiger partial charge in [-0.1, -0.05) is 71.2 Å². The molecule has 0 heterocycles. The first-order valence-corrected chi connectivity index (χ1v) is 14.4. The lowest BCUT2D eigenvalue weighted by Crippen LogP contribution is -2.38. The number of aryl methyl sites for hydroxylation is 1. The minimum absolute atomic E-state index is 0.0629. The minimum atomic E-state index is -4.37. The van der Waals surface area contributed by atoms with E-state index in [2.05, 4.69) is 5.32 Å². The second kappa shape index (κ2) is 12.3. The third-order valence-electron chi connectivity index (χ3n) is 5.85. The molecule has 0 fully saturated rings. The van der Waals surface area contributed by atoms with Gasteiger partial charge in [0.1, 0.15) is 17.2 Å². The molecule has 0 aliphatic heterocycles. The number of hydrogen-bond donors (Lipinski definition) is 1. The highest BCUT2D eigenvalue weighted by Crippen LogP contribution is 2.34. The molecule has 206 valence electrons. The first-order valence-electron chi connectivity index (χ1n) is 11.8. The molecule has 0 aliphatic rings. The number of nitrogens with zero attached hydrogens (tertiary/aromatic N) is 1. The van der Waals surface area contributed by atoms with Gasteiger partial charge in [-0.3, -0.25) is 13.9 Å². The van der Waals surface area contributed by atoms with E-state index in [0.717, 1.165) is 4.31 Å². The number of anilines is 2. The predicted molar refractivity (Wildman–Crippen MR) is 159 cm³/mol. The Kier molecular flexibility index (Phi) is 9.05. The Hall–Kier alpha value is -3.56. The molecule has 1 N–H and O–H groups in total. The maximum absolute atomic E-state index is 14.0. The predicted octanol–water partition coefficient (Wildman–Crippen LogP) is 7.03. The lowest BCUT2D eigenvalue weighted by Gasteiger charge is -2.25. The molecule has 0 spiro atoms. The number of halogens is 3. The fourth-order valence-corrected chi connectivity index (χ4v) is 6.32. The van der Waals surface area contributed by atoms with Crippen molar-refractivity contribution in [2.45, 2.75) is 11.8 Å². The van der Waals surface area contributed by atoms with Crippen LogP contribution < -0.4 is 14.4 Å². The Bertz CT molecular complexity index is 1680. The van der Waals surface area contributed by atoms with Crippen molar-refractivity contribution in [2.75, 3.05) is 23.3 Å². The van der Waals surface area contributed by atoms with Gasteiger partial charge in [0.25, 0.3) is 10.0 Å². The van der Waals surface area contributed by atoms with Crippen LogP contribution in [0, 0.1) is 6.92 Å². The third-order valence-corrected chi connectivity index (χ3v) is 8.31. The van der Waals surface area contributed by atoms with Crippen LogP contribution >= 0.6 is 34.8 Å². The summed E-state index contributed by atoms with van der Waals surface area (Å²) in [6, 6.07) is 21.8. The van der Waals surface area contributed by atoms with E-state index in [1.165, 1.54) is 55.6 Å². The fraction of sp³-hybridized carbons (Fsp3) is 0.103. The Labute approximate surface area is 247 Å². The van der Waals surface area contributed by atoms with E-state index in [-0.39, 0.29) is 43.4 Å². The van der Waals surface area contributed by atoms with Gasteiger partial charge in [0.05, 0.1) is 18.5 Å². The first-order chi connectivity index (χ1) is 19.0. The lowest BCUT2D eigenvalue weighted by molar-refractivity contribution is -0.114. The first kappa shape index (κ1) is 29.4. The SMILES string of the molecule is COc1ccc(C)cc1S(=O)(=O)N(CC(=O)Nc1ccc(Cl)cc1C(=O)c1ccccc1)c1cc(Cl)cc(Cl)c1. The van der Waals surface area contributed by atoms with E-state index in [0.29, 0.717) is 16.1 Å². The molecule has 0 radical (unpaired) electrons. The normalized spacial score (nSPS) is 11.1. The molecule has 0 bridgehead atoms. The van der Waals surface area contributed by atoms with Crippen molar-refractivity contribution in [3.63, 3.8) is 0 Å². The molecule has 7 nitrogen and oxygen atoms in total. The molecule has 0 atom stereocenters. The number of ether oxygens (including phenoxy) is 1. The zero-order valence-electron chi connectivity index (χ0n) is 21.3. The van der Waals surface area contributed by atoms with Crippen molar-refractivity contribution in [2.24, 2.45) is 0 Å². The number of amides is 1. The van der Waals surface area contributed by atoms with Crippen LogP contribution in [0.2, 0.25) is 15.1 Å². The molecule has 1 amide bonds. The Balaban J connectivity index is 1.74. The zero-order chi connectivity index (χ0) is 29.0. The number of nitrogens with one attached hydrogen (secondary N) is 1.